The predicted molar refractivity (Wildman–Crippen MR) is 139 cm³/mol. The number of aliphatic hydroxyl groups is 1. The summed E-state index contributed by atoms with van der Waals surface area (Å²) in [6, 6.07) is 11.1. The third-order valence-corrected chi connectivity index (χ3v) is 8.75. The minimum atomic E-state index is -1.18. The molecule has 6 rings (SSSR count). The number of hydrogen-bond acceptors (Lipinski definition) is 5. The summed E-state index contributed by atoms with van der Waals surface area (Å²) in [5, 5.41) is 23.1. The average molecular weight is 485 g/mol. The molecular formula is C30H32N2O4. The summed E-state index contributed by atoms with van der Waals surface area (Å²) in [4.78, 5) is 17.3. The molecular weight excluding hydrogens is 452 g/mol. The number of amides is 1. The van der Waals surface area contributed by atoms with Gasteiger partial charge in [-0.15, -0.1) is 6.58 Å². The molecule has 1 fully saturated rings. The van der Waals surface area contributed by atoms with Gasteiger partial charge in [-0.05, 0) is 43.0 Å². The van der Waals surface area contributed by atoms with Crippen molar-refractivity contribution in [1.82, 2.24) is 9.80 Å². The zero-order chi connectivity index (χ0) is 25.2. The summed E-state index contributed by atoms with van der Waals surface area (Å²) in [6.07, 6.45) is 9.91. The van der Waals surface area contributed by atoms with Crippen LogP contribution in [0.1, 0.15) is 28.7 Å². The Morgan fingerprint density at radius 1 is 1.33 bits per heavy atom. The van der Waals surface area contributed by atoms with Gasteiger partial charge in [0.25, 0.3) is 0 Å². The number of benzene rings is 2. The molecule has 1 spiro atoms. The first-order valence-electron chi connectivity index (χ1n) is 12.6. The number of rotatable bonds is 5. The highest BCUT2D eigenvalue weighted by Gasteiger charge is 2.72. The first-order chi connectivity index (χ1) is 17.3. The average Bonchev–Trinajstić information content (AvgIpc) is 3.21. The standard InChI is InChI=1S/C30H32N2O4/c1-4-15-32-16-14-29-26-21-9-10-23(33)27(26)36-28(29)22(12-13-30(29,35)24(32)18-21)31(3)25(34)11-8-20-7-5-6-19(2)17-20/h4-13,17,22,24,28,33,35H,1,14-16,18H2,2-3H3/b11-8+/t22?,24-,28?,29+,30-/m1/s1. The highest BCUT2D eigenvalue weighted by Crippen LogP contribution is 2.64. The van der Waals surface area contributed by atoms with E-state index in [1.54, 1.807) is 24.1 Å². The molecule has 36 heavy (non-hydrogen) atoms. The SMILES string of the molecule is C=CCN1CC[C@]23c4c5ccc(O)c4OC2C(N(C)C(=O)/C=C/c2cccc(C)c2)C=C[C@@]3(O)[C@H]1C5. The summed E-state index contributed by atoms with van der Waals surface area (Å²) in [7, 11) is 1.78. The van der Waals surface area contributed by atoms with Crippen molar-refractivity contribution in [3.05, 3.63) is 89.5 Å². The Morgan fingerprint density at radius 2 is 2.17 bits per heavy atom. The number of likely N-dealkylation sites (N-methyl/N-ethyl adjacent to an activating group) is 1. The first kappa shape index (κ1) is 23.1. The van der Waals surface area contributed by atoms with Crippen LogP contribution in [0.15, 0.2) is 67.3 Å². The summed E-state index contributed by atoms with van der Waals surface area (Å²) in [5.41, 5.74) is 2.18. The molecule has 4 aliphatic rings. The molecule has 0 saturated carbocycles. The topological polar surface area (TPSA) is 73.2 Å². The van der Waals surface area contributed by atoms with Crippen molar-refractivity contribution in [2.75, 3.05) is 20.1 Å². The number of hydrogen-bond donors (Lipinski definition) is 2. The highest BCUT2D eigenvalue weighted by atomic mass is 16.5. The largest absolute Gasteiger partial charge is 0.504 e. The lowest BCUT2D eigenvalue weighted by Gasteiger charge is -2.62. The summed E-state index contributed by atoms with van der Waals surface area (Å²) >= 11 is 0. The van der Waals surface area contributed by atoms with E-state index in [1.165, 1.54) is 0 Å². The normalized spacial score (nSPS) is 31.7. The number of carbonyl (C=O) groups excluding carboxylic acids is 1. The van der Waals surface area contributed by atoms with Gasteiger partial charge in [-0.2, -0.15) is 0 Å². The number of likely N-dealkylation sites (tertiary alicyclic amines) is 1. The second kappa shape index (κ2) is 8.08. The van der Waals surface area contributed by atoms with Crippen molar-refractivity contribution in [1.29, 1.82) is 0 Å². The van der Waals surface area contributed by atoms with Crippen molar-refractivity contribution < 1.29 is 19.7 Å². The molecule has 186 valence electrons. The Morgan fingerprint density at radius 3 is 2.94 bits per heavy atom. The Hall–Kier alpha value is -3.35. The van der Waals surface area contributed by atoms with Crippen LogP contribution in [0, 0.1) is 6.92 Å². The van der Waals surface area contributed by atoms with Gasteiger partial charge in [-0.1, -0.05) is 54.1 Å². The molecule has 2 aliphatic carbocycles. The fraction of sp³-hybridized carbons (Fsp3) is 0.367. The lowest BCUT2D eigenvalue weighted by atomic mass is 9.50. The van der Waals surface area contributed by atoms with E-state index in [2.05, 4.69) is 11.5 Å². The molecule has 1 amide bonds. The van der Waals surface area contributed by atoms with Crippen LogP contribution in [0.3, 0.4) is 0 Å². The van der Waals surface area contributed by atoms with Gasteiger partial charge in [-0.25, -0.2) is 0 Å². The number of aromatic hydroxyl groups is 1. The molecule has 1 saturated heterocycles. The Kier molecular flexibility index (Phi) is 5.18. The van der Waals surface area contributed by atoms with E-state index >= 15 is 0 Å². The minimum Gasteiger partial charge on any atom is -0.504 e. The molecule has 0 radical (unpaired) electrons. The maximum absolute atomic E-state index is 13.3. The van der Waals surface area contributed by atoms with Crippen LogP contribution in [0.25, 0.3) is 6.08 Å². The van der Waals surface area contributed by atoms with E-state index in [9.17, 15) is 15.0 Å². The number of aryl methyl sites for hydroxylation is 1. The molecule has 2 unspecified atom stereocenters. The second-order valence-electron chi connectivity index (χ2n) is 10.6. The van der Waals surface area contributed by atoms with E-state index in [0.29, 0.717) is 25.1 Å². The van der Waals surface area contributed by atoms with Crippen LogP contribution in [-0.2, 0) is 16.6 Å². The van der Waals surface area contributed by atoms with Crippen LogP contribution in [-0.4, -0.2) is 69.8 Å². The molecule has 2 aromatic carbocycles. The van der Waals surface area contributed by atoms with Gasteiger partial charge in [0.15, 0.2) is 11.5 Å². The molecule has 5 atom stereocenters. The van der Waals surface area contributed by atoms with Gasteiger partial charge in [0.1, 0.15) is 11.7 Å². The molecule has 2 heterocycles. The van der Waals surface area contributed by atoms with Gasteiger partial charge in [0.05, 0.1) is 11.5 Å². The number of carbonyl (C=O) groups is 1. The monoisotopic (exact) mass is 484 g/mol. The molecule has 6 nitrogen and oxygen atoms in total. The van der Waals surface area contributed by atoms with Crippen LogP contribution < -0.4 is 4.74 Å². The molecule has 2 aliphatic heterocycles. The first-order valence-corrected chi connectivity index (χ1v) is 12.6. The van der Waals surface area contributed by atoms with Crippen LogP contribution in [0.5, 0.6) is 11.5 Å². The lowest BCUT2D eigenvalue weighted by Crippen LogP contribution is -2.76. The maximum Gasteiger partial charge on any atom is 0.246 e. The number of phenolic OH excluding ortho intramolecular Hbond substituents is 1. The van der Waals surface area contributed by atoms with Crippen molar-refractivity contribution in [3.8, 4) is 11.5 Å². The Bertz CT molecular complexity index is 1320. The van der Waals surface area contributed by atoms with Crippen LogP contribution in [0.2, 0.25) is 0 Å². The zero-order valence-corrected chi connectivity index (χ0v) is 20.7. The highest BCUT2D eigenvalue weighted by molar-refractivity contribution is 5.92. The van der Waals surface area contributed by atoms with E-state index in [1.807, 2.05) is 61.6 Å². The molecule has 2 aromatic rings. The van der Waals surface area contributed by atoms with Gasteiger partial charge < -0.3 is 19.8 Å². The lowest BCUT2D eigenvalue weighted by molar-refractivity contribution is -0.152. The molecule has 6 heteroatoms. The zero-order valence-electron chi connectivity index (χ0n) is 20.7. The predicted octanol–water partition coefficient (Wildman–Crippen LogP) is 3.36. The van der Waals surface area contributed by atoms with Crippen LogP contribution >= 0.6 is 0 Å². The van der Waals surface area contributed by atoms with E-state index in [0.717, 1.165) is 28.8 Å². The Labute approximate surface area is 211 Å². The molecule has 2 bridgehead atoms. The van der Waals surface area contributed by atoms with Crippen molar-refractivity contribution in [2.45, 2.75) is 49.0 Å². The van der Waals surface area contributed by atoms with Gasteiger partial charge in [0.2, 0.25) is 5.91 Å². The number of piperidine rings is 1. The summed E-state index contributed by atoms with van der Waals surface area (Å²) in [5.74, 6) is 0.392. The van der Waals surface area contributed by atoms with E-state index in [-0.39, 0.29) is 17.7 Å². The quantitative estimate of drug-likeness (QED) is 0.503. The van der Waals surface area contributed by atoms with E-state index < -0.39 is 23.2 Å². The van der Waals surface area contributed by atoms with Crippen molar-refractivity contribution >= 4 is 12.0 Å². The fourth-order valence-corrected chi connectivity index (χ4v) is 7.09. The number of ether oxygens (including phenoxy) is 1. The Balaban J connectivity index is 1.41. The van der Waals surface area contributed by atoms with Gasteiger partial charge >= 0.3 is 0 Å². The van der Waals surface area contributed by atoms with Gasteiger partial charge in [0, 0.05) is 37.8 Å². The number of nitrogens with zero attached hydrogens (tertiary/aromatic N) is 2. The van der Waals surface area contributed by atoms with Gasteiger partial charge in [-0.3, -0.25) is 9.69 Å². The molecule has 2 N–H and O–H groups in total. The minimum absolute atomic E-state index is 0.0823. The fourth-order valence-electron chi connectivity index (χ4n) is 7.09. The molecule has 0 aromatic heterocycles. The number of phenols is 1. The summed E-state index contributed by atoms with van der Waals surface area (Å²) in [6.45, 7) is 7.40. The van der Waals surface area contributed by atoms with Crippen molar-refractivity contribution in [2.24, 2.45) is 0 Å². The van der Waals surface area contributed by atoms with Crippen LogP contribution in [0.4, 0.5) is 0 Å². The smallest absolute Gasteiger partial charge is 0.246 e. The summed E-state index contributed by atoms with van der Waals surface area (Å²) < 4.78 is 6.51. The van der Waals surface area contributed by atoms with Crippen molar-refractivity contribution in [3.63, 3.8) is 0 Å². The second-order valence-corrected chi connectivity index (χ2v) is 10.6. The van der Waals surface area contributed by atoms with E-state index in [4.69, 9.17) is 4.74 Å². The third-order valence-electron chi connectivity index (χ3n) is 8.75. The maximum atomic E-state index is 13.3. The third kappa shape index (κ3) is 3.01.